The van der Waals surface area contributed by atoms with Crippen LogP contribution in [0.2, 0.25) is 0 Å². The lowest BCUT2D eigenvalue weighted by Gasteiger charge is -2.36. The average molecular weight is 236 g/mol. The smallest absolute Gasteiger partial charge is 0.274 e. The molecular formula is C11H16N4O2. The minimum absolute atomic E-state index is 0.0371. The van der Waals surface area contributed by atoms with Crippen molar-refractivity contribution in [2.75, 3.05) is 18.9 Å². The van der Waals surface area contributed by atoms with Gasteiger partial charge >= 0.3 is 0 Å². The fourth-order valence-electron chi connectivity index (χ4n) is 1.85. The summed E-state index contributed by atoms with van der Waals surface area (Å²) in [5.74, 6) is 0.107. The third kappa shape index (κ3) is 2.52. The van der Waals surface area contributed by atoms with Crippen LogP contribution in [-0.2, 0) is 0 Å². The van der Waals surface area contributed by atoms with E-state index in [-0.39, 0.29) is 24.2 Å². The molecule has 0 atom stereocenters. The van der Waals surface area contributed by atoms with Gasteiger partial charge in [-0.05, 0) is 19.3 Å². The van der Waals surface area contributed by atoms with Crippen LogP contribution in [0, 0.1) is 0 Å². The van der Waals surface area contributed by atoms with E-state index in [1.165, 1.54) is 12.4 Å². The van der Waals surface area contributed by atoms with Crippen molar-refractivity contribution in [1.29, 1.82) is 0 Å². The molecule has 1 aliphatic carbocycles. The Hall–Kier alpha value is -1.69. The zero-order valence-electron chi connectivity index (χ0n) is 9.54. The molecule has 6 nitrogen and oxygen atoms in total. The van der Waals surface area contributed by atoms with Crippen molar-refractivity contribution in [1.82, 2.24) is 14.9 Å². The molecule has 2 rings (SSSR count). The van der Waals surface area contributed by atoms with Gasteiger partial charge in [0, 0.05) is 12.6 Å². The highest BCUT2D eigenvalue weighted by Crippen LogP contribution is 2.25. The van der Waals surface area contributed by atoms with Crippen LogP contribution in [-0.4, -0.2) is 45.1 Å². The van der Waals surface area contributed by atoms with Crippen LogP contribution >= 0.6 is 0 Å². The largest absolute Gasteiger partial charge is 0.395 e. The molecule has 0 bridgehead atoms. The van der Waals surface area contributed by atoms with Crippen LogP contribution in [0.25, 0.3) is 0 Å². The first-order chi connectivity index (χ1) is 8.22. The van der Waals surface area contributed by atoms with Gasteiger partial charge in [-0.15, -0.1) is 0 Å². The first-order valence-electron chi connectivity index (χ1n) is 5.71. The van der Waals surface area contributed by atoms with E-state index in [2.05, 4.69) is 9.97 Å². The second-order valence-corrected chi connectivity index (χ2v) is 4.13. The van der Waals surface area contributed by atoms with Gasteiger partial charge in [-0.2, -0.15) is 0 Å². The standard InChI is InChI=1S/C11H16N4O2/c12-10-7-13-9(6-14-10)11(17)15(4-5-16)8-2-1-3-8/h6-8,16H,1-5H2,(H2,12,14). The molecular weight excluding hydrogens is 220 g/mol. The van der Waals surface area contributed by atoms with Gasteiger partial charge in [-0.3, -0.25) is 4.79 Å². The predicted molar refractivity (Wildman–Crippen MR) is 62.2 cm³/mol. The Morgan fingerprint density at radius 2 is 2.24 bits per heavy atom. The molecule has 0 aromatic carbocycles. The van der Waals surface area contributed by atoms with Crippen molar-refractivity contribution in [3.8, 4) is 0 Å². The molecule has 1 aromatic heterocycles. The summed E-state index contributed by atoms with van der Waals surface area (Å²) in [6.07, 6.45) is 5.86. The lowest BCUT2D eigenvalue weighted by atomic mass is 9.91. The molecule has 1 amide bonds. The van der Waals surface area contributed by atoms with Crippen molar-refractivity contribution in [2.45, 2.75) is 25.3 Å². The van der Waals surface area contributed by atoms with Gasteiger partial charge in [0.25, 0.3) is 5.91 Å². The summed E-state index contributed by atoms with van der Waals surface area (Å²) in [4.78, 5) is 21.6. The monoisotopic (exact) mass is 236 g/mol. The van der Waals surface area contributed by atoms with Crippen molar-refractivity contribution >= 4 is 11.7 Å². The summed E-state index contributed by atoms with van der Waals surface area (Å²) in [6.45, 7) is 0.306. The molecule has 92 valence electrons. The number of carbonyl (C=O) groups excluding carboxylic acids is 1. The number of anilines is 1. The fourth-order valence-corrected chi connectivity index (χ4v) is 1.85. The molecule has 3 N–H and O–H groups in total. The quantitative estimate of drug-likeness (QED) is 0.770. The second kappa shape index (κ2) is 5.09. The summed E-state index contributed by atoms with van der Waals surface area (Å²) < 4.78 is 0. The number of aliphatic hydroxyl groups excluding tert-OH is 1. The Bertz CT molecular complexity index is 389. The normalized spacial score (nSPS) is 15.4. The first kappa shape index (κ1) is 11.8. The number of nitrogens with zero attached hydrogens (tertiary/aromatic N) is 3. The van der Waals surface area contributed by atoms with E-state index in [0.29, 0.717) is 12.4 Å². The van der Waals surface area contributed by atoms with Gasteiger partial charge in [0.05, 0.1) is 19.0 Å². The average Bonchev–Trinajstić information content (AvgIpc) is 2.26. The van der Waals surface area contributed by atoms with Gasteiger partial charge < -0.3 is 15.7 Å². The van der Waals surface area contributed by atoms with Gasteiger partial charge in [0.15, 0.2) is 0 Å². The highest BCUT2D eigenvalue weighted by molar-refractivity contribution is 5.92. The van der Waals surface area contributed by atoms with Gasteiger partial charge in [0.1, 0.15) is 11.5 Å². The van der Waals surface area contributed by atoms with E-state index < -0.39 is 0 Å². The zero-order chi connectivity index (χ0) is 12.3. The summed E-state index contributed by atoms with van der Waals surface area (Å²) in [7, 11) is 0. The van der Waals surface area contributed by atoms with Crippen molar-refractivity contribution in [3.05, 3.63) is 18.1 Å². The number of rotatable bonds is 4. The number of hydrogen-bond donors (Lipinski definition) is 2. The first-order valence-corrected chi connectivity index (χ1v) is 5.71. The molecule has 0 saturated heterocycles. The van der Waals surface area contributed by atoms with Crippen LogP contribution in [0.1, 0.15) is 29.8 Å². The molecule has 1 fully saturated rings. The molecule has 1 heterocycles. The Balaban J connectivity index is 2.12. The summed E-state index contributed by atoms with van der Waals surface area (Å²) in [5, 5.41) is 9.00. The molecule has 17 heavy (non-hydrogen) atoms. The molecule has 0 aliphatic heterocycles. The molecule has 0 unspecified atom stereocenters. The highest BCUT2D eigenvalue weighted by Gasteiger charge is 2.29. The Kier molecular flexibility index (Phi) is 3.53. The van der Waals surface area contributed by atoms with Crippen LogP contribution in [0.4, 0.5) is 5.82 Å². The van der Waals surface area contributed by atoms with Gasteiger partial charge in [-0.25, -0.2) is 9.97 Å². The van der Waals surface area contributed by atoms with Crippen molar-refractivity contribution < 1.29 is 9.90 Å². The predicted octanol–water partition coefficient (Wildman–Crippen LogP) is 0.0458. The molecule has 6 heteroatoms. The minimum atomic E-state index is -0.184. The van der Waals surface area contributed by atoms with Crippen LogP contribution in [0.5, 0.6) is 0 Å². The number of nitrogen functional groups attached to an aromatic ring is 1. The number of aromatic nitrogens is 2. The molecule has 0 spiro atoms. The number of aliphatic hydroxyl groups is 1. The SMILES string of the molecule is Nc1cnc(C(=O)N(CCO)C2CCC2)cn1. The van der Waals surface area contributed by atoms with E-state index in [4.69, 9.17) is 10.8 Å². The lowest BCUT2D eigenvalue weighted by molar-refractivity contribution is 0.0519. The van der Waals surface area contributed by atoms with E-state index in [1.54, 1.807) is 4.90 Å². The molecule has 1 aromatic rings. The third-order valence-corrected chi connectivity index (χ3v) is 3.01. The summed E-state index contributed by atoms with van der Waals surface area (Å²) in [5.41, 5.74) is 5.70. The van der Waals surface area contributed by atoms with E-state index >= 15 is 0 Å². The van der Waals surface area contributed by atoms with E-state index in [1.807, 2.05) is 0 Å². The molecule has 1 aliphatic rings. The van der Waals surface area contributed by atoms with Gasteiger partial charge in [0.2, 0.25) is 0 Å². The van der Waals surface area contributed by atoms with Gasteiger partial charge in [-0.1, -0.05) is 0 Å². The minimum Gasteiger partial charge on any atom is -0.395 e. The Morgan fingerprint density at radius 1 is 1.47 bits per heavy atom. The number of nitrogens with two attached hydrogens (primary N) is 1. The van der Waals surface area contributed by atoms with E-state index in [0.717, 1.165) is 19.3 Å². The third-order valence-electron chi connectivity index (χ3n) is 3.01. The van der Waals surface area contributed by atoms with Crippen LogP contribution < -0.4 is 5.73 Å². The summed E-state index contributed by atoms with van der Waals surface area (Å²) >= 11 is 0. The van der Waals surface area contributed by atoms with Crippen LogP contribution in [0.3, 0.4) is 0 Å². The Morgan fingerprint density at radius 3 is 2.71 bits per heavy atom. The second-order valence-electron chi connectivity index (χ2n) is 4.13. The van der Waals surface area contributed by atoms with Crippen molar-refractivity contribution in [3.63, 3.8) is 0 Å². The fraction of sp³-hybridized carbons (Fsp3) is 0.545. The lowest BCUT2D eigenvalue weighted by Crippen LogP contribution is -2.45. The number of hydrogen-bond acceptors (Lipinski definition) is 5. The maximum absolute atomic E-state index is 12.2. The van der Waals surface area contributed by atoms with Crippen molar-refractivity contribution in [2.24, 2.45) is 0 Å². The molecule has 0 radical (unpaired) electrons. The number of amides is 1. The highest BCUT2D eigenvalue weighted by atomic mass is 16.3. The topological polar surface area (TPSA) is 92.3 Å². The van der Waals surface area contributed by atoms with E-state index in [9.17, 15) is 4.79 Å². The maximum atomic E-state index is 12.2. The number of carbonyl (C=O) groups is 1. The molecule has 1 saturated carbocycles. The Labute approximate surface area is 99.5 Å². The van der Waals surface area contributed by atoms with Crippen LogP contribution in [0.15, 0.2) is 12.4 Å². The maximum Gasteiger partial charge on any atom is 0.274 e. The zero-order valence-corrected chi connectivity index (χ0v) is 9.54. The summed E-state index contributed by atoms with van der Waals surface area (Å²) in [6, 6.07) is 0.231.